The quantitative estimate of drug-likeness (QED) is 0.267. The number of methoxy groups -OCH3 is 2. The van der Waals surface area contributed by atoms with Crippen LogP contribution >= 0.6 is 0 Å². The van der Waals surface area contributed by atoms with Gasteiger partial charge in [0.15, 0.2) is 0 Å². The van der Waals surface area contributed by atoms with Crippen LogP contribution in [0.5, 0.6) is 0 Å². The van der Waals surface area contributed by atoms with E-state index in [-0.39, 0.29) is 18.5 Å². The van der Waals surface area contributed by atoms with Gasteiger partial charge in [0.2, 0.25) is 11.8 Å². The molecule has 0 spiro atoms. The number of nitro benzene ring substituents is 1. The minimum atomic E-state index is -1.42. The van der Waals surface area contributed by atoms with E-state index in [4.69, 9.17) is 9.47 Å². The molecule has 2 N–H and O–H groups in total. The van der Waals surface area contributed by atoms with Crippen LogP contribution in [-0.2, 0) is 35.1 Å². The Kier molecular flexibility index (Phi) is 10.0. The molecule has 0 fully saturated rings. The first-order chi connectivity index (χ1) is 17.0. The van der Waals surface area contributed by atoms with Crippen molar-refractivity contribution in [3.63, 3.8) is 0 Å². The van der Waals surface area contributed by atoms with Crippen LogP contribution in [-0.4, -0.2) is 55.0 Å². The normalized spacial score (nSPS) is 13.0. The summed E-state index contributed by atoms with van der Waals surface area (Å²) >= 11 is 0. The molecule has 12 heteroatoms. The Bertz CT molecular complexity index is 1120. The van der Waals surface area contributed by atoms with Crippen molar-refractivity contribution in [2.75, 3.05) is 14.2 Å². The van der Waals surface area contributed by atoms with Crippen molar-refractivity contribution in [3.8, 4) is 0 Å². The van der Waals surface area contributed by atoms with E-state index in [0.29, 0.717) is 11.1 Å². The Morgan fingerprint density at radius 1 is 1.03 bits per heavy atom. The molecular weight excluding hydrogens is 477 g/mol. The molecule has 0 aliphatic rings. The minimum Gasteiger partial charge on any atom is -0.469 e. The fourth-order valence-corrected chi connectivity index (χ4v) is 3.59. The fourth-order valence-electron chi connectivity index (χ4n) is 3.59. The molecule has 2 amide bonds. The lowest BCUT2D eigenvalue weighted by Crippen LogP contribution is -2.54. The summed E-state index contributed by atoms with van der Waals surface area (Å²) in [7, 11) is 2.23. The van der Waals surface area contributed by atoms with Gasteiger partial charge in [0.25, 0.3) is 5.69 Å². The van der Waals surface area contributed by atoms with Crippen LogP contribution in [0.2, 0.25) is 0 Å². The van der Waals surface area contributed by atoms with Gasteiger partial charge in [-0.05, 0) is 23.3 Å². The van der Waals surface area contributed by atoms with E-state index >= 15 is 0 Å². The molecule has 0 saturated carbocycles. The van der Waals surface area contributed by atoms with Gasteiger partial charge in [-0.1, -0.05) is 24.3 Å². The van der Waals surface area contributed by atoms with Crippen LogP contribution in [0.15, 0.2) is 48.5 Å². The smallest absolute Gasteiger partial charge is 0.329 e. The van der Waals surface area contributed by atoms with Gasteiger partial charge in [-0.25, -0.2) is 9.18 Å². The number of hydrogen-bond acceptors (Lipinski definition) is 8. The highest BCUT2D eigenvalue weighted by Gasteiger charge is 2.36. The molecule has 192 valence electrons. The molecule has 0 aliphatic carbocycles. The zero-order valence-corrected chi connectivity index (χ0v) is 19.9. The number of rotatable bonds is 11. The molecular formula is C24H26FN3O8. The lowest BCUT2D eigenvalue weighted by Gasteiger charge is -2.28. The molecule has 36 heavy (non-hydrogen) atoms. The Morgan fingerprint density at radius 3 is 2.22 bits per heavy atom. The molecule has 2 rings (SSSR count). The van der Waals surface area contributed by atoms with Gasteiger partial charge < -0.3 is 20.1 Å². The maximum atomic E-state index is 13.6. The zero-order chi connectivity index (χ0) is 26.8. The molecule has 0 bridgehead atoms. The first kappa shape index (κ1) is 27.9. The number of carbonyl (C=O) groups is 4. The maximum Gasteiger partial charge on any atom is 0.329 e. The lowest BCUT2D eigenvalue weighted by atomic mass is 9.87. The molecule has 0 aliphatic heterocycles. The van der Waals surface area contributed by atoms with Gasteiger partial charge in [0.1, 0.15) is 17.9 Å². The SMILES string of the molecule is COC(=O)C[C@H](c1ccc([N+](=O)[O-])cc1)[C@@H](NC(=O)[C@@H](Cc1cccc(F)c1)NC(C)=O)C(=O)OC. The van der Waals surface area contributed by atoms with Crippen molar-refractivity contribution in [2.45, 2.75) is 37.8 Å². The van der Waals surface area contributed by atoms with E-state index in [9.17, 15) is 33.7 Å². The largest absolute Gasteiger partial charge is 0.469 e. The van der Waals surface area contributed by atoms with Crippen LogP contribution in [0, 0.1) is 15.9 Å². The Labute approximate surface area is 206 Å². The van der Waals surface area contributed by atoms with E-state index in [1.807, 2.05) is 0 Å². The number of amides is 2. The fraction of sp³-hybridized carbons (Fsp3) is 0.333. The lowest BCUT2D eigenvalue weighted by molar-refractivity contribution is -0.384. The van der Waals surface area contributed by atoms with Crippen LogP contribution in [0.4, 0.5) is 10.1 Å². The predicted molar refractivity (Wildman–Crippen MR) is 124 cm³/mol. The number of nitrogens with zero attached hydrogens (tertiary/aromatic N) is 1. The predicted octanol–water partition coefficient (Wildman–Crippen LogP) is 1.79. The van der Waals surface area contributed by atoms with Gasteiger partial charge in [0, 0.05) is 31.4 Å². The van der Waals surface area contributed by atoms with Crippen molar-refractivity contribution in [1.29, 1.82) is 0 Å². The first-order valence-corrected chi connectivity index (χ1v) is 10.8. The van der Waals surface area contributed by atoms with E-state index < -0.39 is 52.5 Å². The topological polar surface area (TPSA) is 154 Å². The van der Waals surface area contributed by atoms with Crippen molar-refractivity contribution in [2.24, 2.45) is 0 Å². The van der Waals surface area contributed by atoms with Crippen LogP contribution in [0.3, 0.4) is 0 Å². The van der Waals surface area contributed by atoms with Gasteiger partial charge >= 0.3 is 11.9 Å². The number of nitro groups is 1. The maximum absolute atomic E-state index is 13.6. The summed E-state index contributed by atoms with van der Waals surface area (Å²) in [6.07, 6.45) is -0.459. The molecule has 0 unspecified atom stereocenters. The number of halogens is 1. The number of nitrogens with one attached hydrogen (secondary N) is 2. The van der Waals surface area contributed by atoms with Crippen molar-refractivity contribution in [1.82, 2.24) is 10.6 Å². The number of hydrogen-bond donors (Lipinski definition) is 2. The van der Waals surface area contributed by atoms with Crippen LogP contribution in [0.25, 0.3) is 0 Å². The third kappa shape index (κ3) is 7.86. The summed E-state index contributed by atoms with van der Waals surface area (Å²) in [4.78, 5) is 60.2. The number of esters is 2. The third-order valence-corrected chi connectivity index (χ3v) is 5.32. The second-order valence-corrected chi connectivity index (χ2v) is 7.83. The number of non-ortho nitro benzene ring substituents is 1. The number of carbonyl (C=O) groups excluding carboxylic acids is 4. The molecule has 0 heterocycles. The monoisotopic (exact) mass is 503 g/mol. The van der Waals surface area contributed by atoms with Gasteiger partial charge in [0.05, 0.1) is 25.6 Å². The summed E-state index contributed by atoms with van der Waals surface area (Å²) in [6, 6.07) is 7.94. The Balaban J connectivity index is 2.42. The zero-order valence-electron chi connectivity index (χ0n) is 19.9. The summed E-state index contributed by atoms with van der Waals surface area (Å²) < 4.78 is 23.2. The average Bonchev–Trinajstić information content (AvgIpc) is 2.84. The summed E-state index contributed by atoms with van der Waals surface area (Å²) in [5.74, 6) is -4.49. The van der Waals surface area contributed by atoms with E-state index in [0.717, 1.165) is 14.2 Å². The Hall–Kier alpha value is -4.35. The van der Waals surface area contributed by atoms with E-state index in [2.05, 4.69) is 10.6 Å². The van der Waals surface area contributed by atoms with E-state index in [1.54, 1.807) is 6.07 Å². The average molecular weight is 503 g/mol. The second kappa shape index (κ2) is 12.9. The first-order valence-electron chi connectivity index (χ1n) is 10.8. The van der Waals surface area contributed by atoms with Crippen molar-refractivity contribution >= 4 is 29.4 Å². The highest BCUT2D eigenvalue weighted by molar-refractivity contribution is 5.91. The molecule has 0 aromatic heterocycles. The standard InChI is InChI=1S/C24H26FN3O8/c1-14(29)26-20(12-15-5-4-6-17(25)11-15)23(31)27-22(24(32)36-3)19(13-21(30)35-2)16-7-9-18(10-8-16)28(33)34/h4-11,19-20,22H,12-13H2,1-3H3,(H,26,29)(H,27,31)/t19-,20-,22-/m1/s1. The molecule has 0 radical (unpaired) electrons. The summed E-state index contributed by atoms with van der Waals surface area (Å²) in [6.45, 7) is 1.20. The molecule has 3 atom stereocenters. The molecule has 0 saturated heterocycles. The van der Waals surface area contributed by atoms with Crippen LogP contribution in [0.1, 0.15) is 30.4 Å². The second-order valence-electron chi connectivity index (χ2n) is 7.83. The minimum absolute atomic E-state index is 0.0870. The molecule has 2 aromatic carbocycles. The summed E-state index contributed by atoms with van der Waals surface area (Å²) in [5, 5.41) is 16.0. The van der Waals surface area contributed by atoms with Crippen molar-refractivity contribution in [3.05, 3.63) is 75.6 Å². The van der Waals surface area contributed by atoms with Crippen LogP contribution < -0.4 is 10.6 Å². The Morgan fingerprint density at radius 2 is 1.69 bits per heavy atom. The highest BCUT2D eigenvalue weighted by Crippen LogP contribution is 2.27. The van der Waals surface area contributed by atoms with Crippen molar-refractivity contribution < 1.29 is 38.0 Å². The van der Waals surface area contributed by atoms with Gasteiger partial charge in [-0.2, -0.15) is 0 Å². The van der Waals surface area contributed by atoms with Gasteiger partial charge in [-0.3, -0.25) is 24.5 Å². The highest BCUT2D eigenvalue weighted by atomic mass is 19.1. The number of ether oxygens (including phenoxy) is 2. The summed E-state index contributed by atoms with van der Waals surface area (Å²) in [5.41, 5.74) is 0.526. The van der Waals surface area contributed by atoms with Gasteiger partial charge in [-0.15, -0.1) is 0 Å². The van der Waals surface area contributed by atoms with E-state index in [1.165, 1.54) is 49.4 Å². The molecule has 2 aromatic rings. The molecule has 11 nitrogen and oxygen atoms in total. The third-order valence-electron chi connectivity index (χ3n) is 5.32. The number of benzene rings is 2.